The van der Waals surface area contributed by atoms with Crippen LogP contribution in [0.3, 0.4) is 0 Å². The molecule has 34 heavy (non-hydrogen) atoms. The fourth-order valence-corrected chi connectivity index (χ4v) is 6.10. The van der Waals surface area contributed by atoms with Gasteiger partial charge in [0, 0.05) is 24.5 Å². The SMILES string of the molecule is O=C(NCc1ccccc1)[C@H]1[C@@H](COP(=O)(O)O)[C@@H]2CCCN2[C@H]1c1ccc2ccccc2c1. The number of hydrogen-bond donors (Lipinski definition) is 3. The number of nitrogens with zero attached hydrogens (tertiary/aromatic N) is 1. The molecule has 0 aliphatic carbocycles. The number of phosphoric acid groups is 1. The molecule has 178 valence electrons. The molecule has 7 nitrogen and oxygen atoms in total. The lowest BCUT2D eigenvalue weighted by Crippen LogP contribution is -2.38. The summed E-state index contributed by atoms with van der Waals surface area (Å²) >= 11 is 0. The van der Waals surface area contributed by atoms with Gasteiger partial charge in [-0.2, -0.15) is 0 Å². The average molecular weight is 481 g/mol. The third-order valence-electron chi connectivity index (χ3n) is 7.16. The molecule has 1 amide bonds. The summed E-state index contributed by atoms with van der Waals surface area (Å²) in [6.45, 7) is 1.09. The summed E-state index contributed by atoms with van der Waals surface area (Å²) < 4.78 is 16.5. The van der Waals surface area contributed by atoms with Crippen LogP contribution in [0.2, 0.25) is 0 Å². The van der Waals surface area contributed by atoms with Crippen LogP contribution < -0.4 is 5.32 Å². The smallest absolute Gasteiger partial charge is 0.352 e. The Labute approximate surface area is 199 Å². The predicted octanol–water partition coefficient (Wildman–Crippen LogP) is 4.02. The first kappa shape index (κ1) is 23.2. The van der Waals surface area contributed by atoms with Crippen LogP contribution in [-0.2, 0) is 20.4 Å². The first-order chi connectivity index (χ1) is 16.4. The first-order valence-electron chi connectivity index (χ1n) is 11.7. The molecular formula is C26H29N2O5P. The van der Waals surface area contributed by atoms with Gasteiger partial charge in [-0.3, -0.25) is 14.2 Å². The van der Waals surface area contributed by atoms with Crippen molar-refractivity contribution >= 4 is 24.5 Å². The van der Waals surface area contributed by atoms with Crippen LogP contribution >= 0.6 is 7.82 Å². The molecule has 0 spiro atoms. The van der Waals surface area contributed by atoms with E-state index in [2.05, 4.69) is 40.5 Å². The number of rotatable bonds is 7. The molecule has 2 heterocycles. The lowest BCUT2D eigenvalue weighted by Gasteiger charge is -2.28. The van der Waals surface area contributed by atoms with E-state index in [9.17, 15) is 19.1 Å². The molecule has 2 saturated heterocycles. The summed E-state index contributed by atoms with van der Waals surface area (Å²) in [5.74, 6) is -0.917. The summed E-state index contributed by atoms with van der Waals surface area (Å²) in [7, 11) is -4.65. The van der Waals surface area contributed by atoms with Gasteiger partial charge < -0.3 is 15.1 Å². The number of benzene rings is 3. The van der Waals surface area contributed by atoms with Crippen LogP contribution in [0.5, 0.6) is 0 Å². The zero-order valence-corrected chi connectivity index (χ0v) is 19.7. The van der Waals surface area contributed by atoms with Crippen molar-refractivity contribution < 1.29 is 23.7 Å². The van der Waals surface area contributed by atoms with E-state index >= 15 is 0 Å². The number of phosphoric ester groups is 1. The topological polar surface area (TPSA) is 99.1 Å². The molecule has 3 aromatic carbocycles. The number of amides is 1. The second kappa shape index (κ2) is 9.61. The van der Waals surface area contributed by atoms with Gasteiger partial charge in [-0.1, -0.05) is 66.7 Å². The molecule has 0 unspecified atom stereocenters. The first-order valence-corrected chi connectivity index (χ1v) is 13.2. The predicted molar refractivity (Wildman–Crippen MR) is 130 cm³/mol. The number of carbonyl (C=O) groups excluding carboxylic acids is 1. The van der Waals surface area contributed by atoms with Gasteiger partial charge in [0.1, 0.15) is 0 Å². The van der Waals surface area contributed by atoms with Crippen molar-refractivity contribution in [3.05, 3.63) is 83.9 Å². The Morgan fingerprint density at radius 1 is 1.03 bits per heavy atom. The minimum atomic E-state index is -4.65. The van der Waals surface area contributed by atoms with Gasteiger partial charge >= 0.3 is 7.82 Å². The van der Waals surface area contributed by atoms with Crippen molar-refractivity contribution in [2.75, 3.05) is 13.2 Å². The Morgan fingerprint density at radius 3 is 2.53 bits per heavy atom. The molecule has 0 aromatic heterocycles. The molecule has 3 N–H and O–H groups in total. The van der Waals surface area contributed by atoms with Crippen molar-refractivity contribution in [3.8, 4) is 0 Å². The van der Waals surface area contributed by atoms with Crippen LogP contribution in [0.4, 0.5) is 0 Å². The van der Waals surface area contributed by atoms with Crippen molar-refractivity contribution in [1.82, 2.24) is 10.2 Å². The fourth-order valence-electron chi connectivity index (χ4n) is 5.73. The van der Waals surface area contributed by atoms with E-state index in [1.807, 2.05) is 42.5 Å². The van der Waals surface area contributed by atoms with Crippen LogP contribution in [0.25, 0.3) is 10.8 Å². The summed E-state index contributed by atoms with van der Waals surface area (Å²) in [4.78, 5) is 34.7. The quantitative estimate of drug-likeness (QED) is 0.442. The summed E-state index contributed by atoms with van der Waals surface area (Å²) in [6.07, 6.45) is 1.86. The van der Waals surface area contributed by atoms with Crippen LogP contribution in [0.1, 0.15) is 30.0 Å². The minimum absolute atomic E-state index is 0.0375. The summed E-state index contributed by atoms with van der Waals surface area (Å²) in [6, 6.07) is 24.0. The highest BCUT2D eigenvalue weighted by Gasteiger charge is 2.54. The lowest BCUT2D eigenvalue weighted by molar-refractivity contribution is -0.127. The molecule has 2 fully saturated rings. The molecule has 5 rings (SSSR count). The maximum Gasteiger partial charge on any atom is 0.469 e. The number of hydrogen-bond acceptors (Lipinski definition) is 4. The molecule has 3 aromatic rings. The van der Waals surface area contributed by atoms with Crippen molar-refractivity contribution in [3.63, 3.8) is 0 Å². The third kappa shape index (κ3) is 4.81. The van der Waals surface area contributed by atoms with E-state index in [1.54, 1.807) is 0 Å². The number of fused-ring (bicyclic) bond motifs is 2. The Balaban J connectivity index is 1.49. The summed E-state index contributed by atoms with van der Waals surface area (Å²) in [5, 5.41) is 5.32. The highest BCUT2D eigenvalue weighted by molar-refractivity contribution is 7.46. The maximum atomic E-state index is 13.6. The van der Waals surface area contributed by atoms with Crippen molar-refractivity contribution in [1.29, 1.82) is 0 Å². The van der Waals surface area contributed by atoms with E-state index in [-0.39, 0.29) is 30.5 Å². The van der Waals surface area contributed by atoms with Gasteiger partial charge in [-0.15, -0.1) is 0 Å². The van der Waals surface area contributed by atoms with E-state index < -0.39 is 13.7 Å². The minimum Gasteiger partial charge on any atom is -0.352 e. The van der Waals surface area contributed by atoms with Crippen LogP contribution in [-0.4, -0.2) is 39.8 Å². The zero-order chi connectivity index (χ0) is 23.7. The molecule has 2 aliphatic rings. The van der Waals surface area contributed by atoms with Crippen LogP contribution in [0, 0.1) is 11.8 Å². The number of nitrogens with one attached hydrogen (secondary N) is 1. The third-order valence-corrected chi connectivity index (χ3v) is 7.64. The highest BCUT2D eigenvalue weighted by Crippen LogP contribution is 2.51. The van der Waals surface area contributed by atoms with E-state index in [0.717, 1.165) is 41.3 Å². The molecule has 0 radical (unpaired) electrons. The highest BCUT2D eigenvalue weighted by atomic mass is 31.2. The van der Waals surface area contributed by atoms with Gasteiger partial charge in [0.25, 0.3) is 0 Å². The molecule has 0 bridgehead atoms. The van der Waals surface area contributed by atoms with Crippen molar-refractivity contribution in [2.24, 2.45) is 11.8 Å². The molecule has 8 heteroatoms. The van der Waals surface area contributed by atoms with E-state index in [1.165, 1.54) is 0 Å². The van der Waals surface area contributed by atoms with E-state index in [4.69, 9.17) is 4.52 Å². The van der Waals surface area contributed by atoms with Gasteiger partial charge in [0.15, 0.2) is 0 Å². The average Bonchev–Trinajstić information content (AvgIpc) is 3.42. The van der Waals surface area contributed by atoms with Gasteiger partial charge in [-0.25, -0.2) is 4.57 Å². The lowest BCUT2D eigenvalue weighted by atomic mass is 9.82. The Hall–Kier alpha value is -2.54. The van der Waals surface area contributed by atoms with Crippen molar-refractivity contribution in [2.45, 2.75) is 31.5 Å². The molecule has 4 atom stereocenters. The molecule has 0 saturated carbocycles. The number of carbonyl (C=O) groups is 1. The summed E-state index contributed by atoms with van der Waals surface area (Å²) in [5.41, 5.74) is 2.05. The zero-order valence-electron chi connectivity index (χ0n) is 18.8. The normalized spacial score (nSPS) is 24.9. The molecule has 2 aliphatic heterocycles. The van der Waals surface area contributed by atoms with E-state index in [0.29, 0.717) is 6.54 Å². The van der Waals surface area contributed by atoms with Gasteiger partial charge in [0.05, 0.1) is 12.5 Å². The van der Waals surface area contributed by atoms with Gasteiger partial charge in [-0.05, 0) is 47.4 Å². The maximum absolute atomic E-state index is 13.6. The van der Waals surface area contributed by atoms with Gasteiger partial charge in [0.2, 0.25) is 5.91 Å². The Kier molecular flexibility index (Phi) is 6.56. The fraction of sp³-hybridized carbons (Fsp3) is 0.346. The Bertz CT molecular complexity index is 1210. The standard InChI is InChI=1S/C26H29N2O5P/c29-26(27-16-18-7-2-1-3-8-18)24-22(17-33-34(30,31)32)23-11-6-14-28(23)25(24)21-13-12-19-9-4-5-10-20(19)15-21/h1-5,7-10,12-13,15,22-25H,6,11,14,16-17H2,(H,27,29)(H2,30,31,32)/t22-,23-,24-,25-/m0/s1. The van der Waals surface area contributed by atoms with Crippen LogP contribution in [0.15, 0.2) is 72.8 Å². The largest absolute Gasteiger partial charge is 0.469 e. The second-order valence-electron chi connectivity index (χ2n) is 9.18. The second-order valence-corrected chi connectivity index (χ2v) is 10.4. The monoisotopic (exact) mass is 480 g/mol. The molecular weight excluding hydrogens is 451 g/mol. The Morgan fingerprint density at radius 2 is 1.76 bits per heavy atom.